The second kappa shape index (κ2) is 7.38. The molecule has 3 heterocycles. The molecule has 2 N–H and O–H groups in total. The number of pyridine rings is 1. The molecule has 7 heteroatoms. The molecule has 1 atom stereocenters. The van der Waals surface area contributed by atoms with Gasteiger partial charge in [0.1, 0.15) is 11.0 Å². The van der Waals surface area contributed by atoms with Crippen molar-refractivity contribution in [3.8, 4) is 10.4 Å². The van der Waals surface area contributed by atoms with Crippen LogP contribution in [-0.4, -0.2) is 39.3 Å². The first-order valence-electron chi connectivity index (χ1n) is 9.19. The van der Waals surface area contributed by atoms with Gasteiger partial charge in [0.15, 0.2) is 0 Å². The molecule has 1 unspecified atom stereocenters. The molecule has 1 aliphatic rings. The number of nitrogens with zero attached hydrogens (tertiary/aromatic N) is 3. The minimum Gasteiger partial charge on any atom is -0.368 e. The number of hydrogen-bond acceptors (Lipinski definition) is 5. The van der Waals surface area contributed by atoms with E-state index in [9.17, 15) is 9.59 Å². The van der Waals surface area contributed by atoms with Crippen LogP contribution in [0.4, 0.5) is 0 Å². The van der Waals surface area contributed by atoms with Crippen LogP contribution in [0.2, 0.25) is 0 Å². The van der Waals surface area contributed by atoms with Crippen molar-refractivity contribution in [2.24, 2.45) is 5.73 Å². The van der Waals surface area contributed by atoms with Gasteiger partial charge in [-0.2, -0.15) is 0 Å². The molecule has 1 saturated heterocycles. The first-order chi connectivity index (χ1) is 12.7. The number of hydrogen-bond donors (Lipinski definition) is 1. The highest BCUT2D eigenvalue weighted by atomic mass is 32.1. The van der Waals surface area contributed by atoms with Gasteiger partial charge in [-0.15, -0.1) is 11.3 Å². The zero-order valence-electron chi connectivity index (χ0n) is 16.3. The summed E-state index contributed by atoms with van der Waals surface area (Å²) >= 11 is 1.53. The van der Waals surface area contributed by atoms with Gasteiger partial charge in [0.05, 0.1) is 17.0 Å². The van der Waals surface area contributed by atoms with E-state index in [1.807, 2.05) is 19.2 Å². The second-order valence-corrected chi connectivity index (χ2v) is 9.11. The van der Waals surface area contributed by atoms with E-state index in [-0.39, 0.29) is 17.7 Å². The molecular formula is C20H26N4O2S. The van der Waals surface area contributed by atoms with E-state index in [4.69, 9.17) is 5.73 Å². The van der Waals surface area contributed by atoms with Gasteiger partial charge < -0.3 is 10.6 Å². The normalized spacial score (nSPS) is 17.3. The molecule has 0 aromatic carbocycles. The van der Waals surface area contributed by atoms with Crippen LogP contribution in [0.15, 0.2) is 18.3 Å². The number of thiazole rings is 1. The predicted octanol–water partition coefficient (Wildman–Crippen LogP) is 2.83. The van der Waals surface area contributed by atoms with Crippen molar-refractivity contribution in [2.45, 2.75) is 58.4 Å². The van der Waals surface area contributed by atoms with Gasteiger partial charge in [0.25, 0.3) is 0 Å². The van der Waals surface area contributed by atoms with E-state index >= 15 is 0 Å². The van der Waals surface area contributed by atoms with Crippen LogP contribution >= 0.6 is 11.3 Å². The molecule has 6 nitrogen and oxygen atoms in total. The lowest BCUT2D eigenvalue weighted by Crippen LogP contribution is -2.44. The number of primary amides is 1. The number of likely N-dealkylation sites (tertiary alicyclic amines) is 1. The molecular weight excluding hydrogens is 360 g/mol. The van der Waals surface area contributed by atoms with Gasteiger partial charge in [0, 0.05) is 23.9 Å². The zero-order chi connectivity index (χ0) is 19.8. The largest absolute Gasteiger partial charge is 0.368 e. The van der Waals surface area contributed by atoms with Gasteiger partial charge in [0.2, 0.25) is 11.8 Å². The highest BCUT2D eigenvalue weighted by Gasteiger charge is 2.33. The Morgan fingerprint density at radius 3 is 2.78 bits per heavy atom. The summed E-state index contributed by atoms with van der Waals surface area (Å²) in [6.07, 6.45) is 3.48. The van der Waals surface area contributed by atoms with Crippen molar-refractivity contribution in [1.82, 2.24) is 14.9 Å². The highest BCUT2D eigenvalue weighted by molar-refractivity contribution is 7.15. The SMILES string of the molecule is Cc1nc(CC(=O)N2CCCC2C(N)=O)sc1-c1ccnc(C(C)(C)C)c1. The summed E-state index contributed by atoms with van der Waals surface area (Å²) in [5.41, 5.74) is 8.38. The molecule has 0 spiro atoms. The van der Waals surface area contributed by atoms with Gasteiger partial charge in [-0.3, -0.25) is 14.6 Å². The molecule has 1 aliphatic heterocycles. The highest BCUT2D eigenvalue weighted by Crippen LogP contribution is 2.33. The van der Waals surface area contributed by atoms with E-state index in [1.165, 1.54) is 11.3 Å². The van der Waals surface area contributed by atoms with Crippen LogP contribution in [0.5, 0.6) is 0 Å². The van der Waals surface area contributed by atoms with Crippen LogP contribution in [0.25, 0.3) is 10.4 Å². The van der Waals surface area contributed by atoms with E-state index in [0.29, 0.717) is 13.0 Å². The van der Waals surface area contributed by atoms with Gasteiger partial charge in [-0.1, -0.05) is 20.8 Å². The Morgan fingerprint density at radius 2 is 2.11 bits per heavy atom. The summed E-state index contributed by atoms with van der Waals surface area (Å²) in [6.45, 7) is 8.94. The average Bonchev–Trinajstić information content (AvgIpc) is 3.21. The van der Waals surface area contributed by atoms with E-state index < -0.39 is 11.9 Å². The molecule has 27 heavy (non-hydrogen) atoms. The molecule has 1 fully saturated rings. The summed E-state index contributed by atoms with van der Waals surface area (Å²) in [4.78, 5) is 35.9. The topological polar surface area (TPSA) is 89.2 Å². The van der Waals surface area contributed by atoms with Crippen molar-refractivity contribution in [1.29, 1.82) is 0 Å². The van der Waals surface area contributed by atoms with Crippen LogP contribution < -0.4 is 5.73 Å². The average molecular weight is 387 g/mol. The minimum atomic E-state index is -0.479. The van der Waals surface area contributed by atoms with Gasteiger partial charge >= 0.3 is 0 Å². The predicted molar refractivity (Wildman–Crippen MR) is 106 cm³/mol. The standard InChI is InChI=1S/C20H26N4O2S/c1-12-18(13-7-8-22-15(10-13)20(2,3)4)27-16(23-12)11-17(25)24-9-5-6-14(24)19(21)26/h7-8,10,14H,5-6,9,11H2,1-4H3,(H2,21,26). The van der Waals surface area contributed by atoms with Crippen LogP contribution in [0.1, 0.15) is 50.0 Å². The van der Waals surface area contributed by atoms with Crippen molar-refractivity contribution in [3.05, 3.63) is 34.7 Å². The maximum Gasteiger partial charge on any atom is 0.240 e. The summed E-state index contributed by atoms with van der Waals surface area (Å²) in [5, 5.41) is 0.761. The third kappa shape index (κ3) is 4.18. The van der Waals surface area contributed by atoms with Crippen LogP contribution in [-0.2, 0) is 21.4 Å². The Hall–Kier alpha value is -2.28. The number of carbonyl (C=O) groups excluding carboxylic acids is 2. The van der Waals surface area contributed by atoms with Gasteiger partial charge in [-0.25, -0.2) is 4.98 Å². The van der Waals surface area contributed by atoms with E-state index in [0.717, 1.165) is 33.3 Å². The number of nitrogens with two attached hydrogens (primary N) is 1. The summed E-state index contributed by atoms with van der Waals surface area (Å²) in [6, 6.07) is 3.59. The molecule has 2 aromatic heterocycles. The van der Waals surface area contributed by atoms with E-state index in [1.54, 1.807) is 4.90 Å². The Bertz CT molecular complexity index is 869. The lowest BCUT2D eigenvalue weighted by molar-refractivity contribution is -0.136. The van der Waals surface area contributed by atoms with Crippen molar-refractivity contribution < 1.29 is 9.59 Å². The summed E-state index contributed by atoms with van der Waals surface area (Å²) in [7, 11) is 0. The molecule has 3 rings (SSSR count). The van der Waals surface area contributed by atoms with Crippen molar-refractivity contribution in [3.63, 3.8) is 0 Å². The molecule has 0 radical (unpaired) electrons. The fraction of sp³-hybridized carbons (Fsp3) is 0.500. The molecule has 144 valence electrons. The number of amides is 2. The summed E-state index contributed by atoms with van der Waals surface area (Å²) in [5.74, 6) is -0.509. The maximum atomic E-state index is 12.6. The monoisotopic (exact) mass is 386 g/mol. The van der Waals surface area contributed by atoms with Crippen LogP contribution in [0, 0.1) is 6.92 Å². The molecule has 2 amide bonds. The fourth-order valence-corrected chi connectivity index (χ4v) is 4.42. The molecule has 0 aliphatic carbocycles. The number of aromatic nitrogens is 2. The smallest absolute Gasteiger partial charge is 0.240 e. The lowest BCUT2D eigenvalue weighted by atomic mass is 9.90. The lowest BCUT2D eigenvalue weighted by Gasteiger charge is -2.21. The molecule has 0 bridgehead atoms. The Balaban J connectivity index is 1.81. The third-order valence-corrected chi connectivity index (χ3v) is 6.04. The Morgan fingerprint density at radius 1 is 1.37 bits per heavy atom. The third-order valence-electron chi connectivity index (χ3n) is 4.84. The molecule has 2 aromatic rings. The fourth-order valence-electron chi connectivity index (χ4n) is 3.37. The Kier molecular flexibility index (Phi) is 5.33. The maximum absolute atomic E-state index is 12.6. The first kappa shape index (κ1) is 19.5. The number of aryl methyl sites for hydroxylation is 1. The number of carbonyl (C=O) groups is 2. The quantitative estimate of drug-likeness (QED) is 0.875. The Labute approximate surface area is 163 Å². The van der Waals surface area contributed by atoms with E-state index in [2.05, 4.69) is 36.8 Å². The van der Waals surface area contributed by atoms with Gasteiger partial charge in [-0.05, 0) is 37.5 Å². The summed E-state index contributed by atoms with van der Waals surface area (Å²) < 4.78 is 0. The van der Waals surface area contributed by atoms with Crippen LogP contribution in [0.3, 0.4) is 0 Å². The second-order valence-electron chi connectivity index (χ2n) is 8.03. The van der Waals surface area contributed by atoms with Crippen molar-refractivity contribution >= 4 is 23.2 Å². The zero-order valence-corrected chi connectivity index (χ0v) is 17.1. The number of rotatable bonds is 4. The van der Waals surface area contributed by atoms with Crippen molar-refractivity contribution in [2.75, 3.05) is 6.54 Å². The molecule has 0 saturated carbocycles. The minimum absolute atomic E-state index is 0.0348. The first-order valence-corrected chi connectivity index (χ1v) is 10.0.